The van der Waals surface area contributed by atoms with Gasteiger partial charge in [0.2, 0.25) is 0 Å². The first-order chi connectivity index (χ1) is 33.0. The van der Waals surface area contributed by atoms with Crippen molar-refractivity contribution < 1.29 is 102 Å². The molecule has 21 heteroatoms. The predicted octanol–water partition coefficient (Wildman–Crippen LogP) is 3.47. The smallest absolute Gasteiger partial charge is 0.345 e. The molecule has 0 aliphatic rings. The molecule has 0 radical (unpaired) electrons. The fraction of sp³-hybridized carbons (Fsp3) is 0.417. The van der Waals surface area contributed by atoms with Crippen molar-refractivity contribution in [3.05, 3.63) is 98.6 Å². The molecule has 0 bridgehead atoms. The van der Waals surface area contributed by atoms with Gasteiger partial charge in [-0.25, -0.2) is 19.2 Å². The summed E-state index contributed by atoms with van der Waals surface area (Å²) >= 11 is 0. The van der Waals surface area contributed by atoms with Crippen LogP contribution in [0.25, 0.3) is 0 Å². The second-order valence-electron chi connectivity index (χ2n) is 15.5. The second kappa shape index (κ2) is 24.9. The molecule has 2 unspecified atom stereocenters. The molecule has 0 aliphatic carbocycles. The number of hydrogen-bond acceptors (Lipinski definition) is 21. The highest BCUT2D eigenvalue weighted by molar-refractivity contribution is 5.97. The van der Waals surface area contributed by atoms with Crippen molar-refractivity contribution in [2.75, 3.05) is 76.2 Å². The summed E-state index contributed by atoms with van der Waals surface area (Å²) in [5.41, 5.74) is -4.09. The minimum absolute atomic E-state index is 0.00857. The molecular weight excluding hydrogens is 913 g/mol. The van der Waals surface area contributed by atoms with Gasteiger partial charge >= 0.3 is 23.9 Å². The van der Waals surface area contributed by atoms with Crippen LogP contribution in [0, 0.1) is 0 Å². The Morgan fingerprint density at radius 3 is 1.03 bits per heavy atom. The predicted molar refractivity (Wildman–Crippen MR) is 240 cm³/mol. The highest BCUT2D eigenvalue weighted by Crippen LogP contribution is 2.35. The highest BCUT2D eigenvalue weighted by Gasteiger charge is 2.39. The Hall–Kier alpha value is -6.88. The molecule has 4 aromatic carbocycles. The Kier molecular flexibility index (Phi) is 19.8. The first-order valence-corrected chi connectivity index (χ1v) is 20.9. The van der Waals surface area contributed by atoms with Crippen LogP contribution in [0.15, 0.2) is 48.5 Å². The van der Waals surface area contributed by atoms with E-state index in [1.54, 1.807) is 0 Å². The Labute approximate surface area is 397 Å². The first-order valence-electron chi connectivity index (χ1n) is 20.9. The second-order valence-corrected chi connectivity index (χ2v) is 15.5. The van der Waals surface area contributed by atoms with Crippen LogP contribution in [-0.2, 0) is 56.7 Å². The average molecular weight is 971 g/mol. The molecule has 376 valence electrons. The minimum atomic E-state index is -1.95. The zero-order valence-corrected chi connectivity index (χ0v) is 39.8. The van der Waals surface area contributed by atoms with Crippen LogP contribution in [0.5, 0.6) is 40.2 Å². The van der Waals surface area contributed by atoms with E-state index in [-0.39, 0.29) is 84.8 Å². The molecule has 4 aromatic rings. The van der Waals surface area contributed by atoms with E-state index in [9.17, 15) is 44.7 Å². The van der Waals surface area contributed by atoms with E-state index in [1.807, 2.05) is 0 Å². The fourth-order valence-corrected chi connectivity index (χ4v) is 7.00. The SMILES string of the molecule is COc1cc(CO)c(C(=O)OCC(C)(COCC(C)(COC(=O)c2c(OC)cc(CO)cc2OC)OC(=O)c2c(CO)cc(OC)cc2OC)OC(=O)c2c(CO)cc(OC)cc2OC)c(CO)c1. The quantitative estimate of drug-likeness (QED) is 0.0445. The molecule has 0 fully saturated rings. The minimum Gasteiger partial charge on any atom is -0.497 e. The van der Waals surface area contributed by atoms with Crippen molar-refractivity contribution in [1.29, 1.82) is 0 Å². The number of aliphatic hydroxyl groups excluding tert-OH is 5. The van der Waals surface area contributed by atoms with Crippen molar-refractivity contribution in [2.24, 2.45) is 0 Å². The lowest BCUT2D eigenvalue weighted by Gasteiger charge is -2.33. The van der Waals surface area contributed by atoms with Crippen LogP contribution >= 0.6 is 0 Å². The number of benzene rings is 4. The summed E-state index contributed by atoms with van der Waals surface area (Å²) in [5, 5.41) is 50.6. The lowest BCUT2D eigenvalue weighted by atomic mass is 10.0. The monoisotopic (exact) mass is 970 g/mol. The van der Waals surface area contributed by atoms with E-state index in [0.717, 1.165) is 0 Å². The summed E-state index contributed by atoms with van der Waals surface area (Å²) in [6.45, 7) is -3.06. The average Bonchev–Trinajstić information content (AvgIpc) is 3.37. The standard InChI is InChI=1S/C48H58O21/c1-47(68-45(56)40-30(21-52)14-33(59-4)16-37(40)63-8,25-66-43(54)39-28(19-50)12-32(58-3)13-29(39)20-51)23-65-24-48(2,69-46(57)41-31(22-53)15-34(60-5)17-38(41)64-9)26-67-44(55)42-35(61-6)10-27(18-49)11-36(42)62-7/h10-17,49-53H,18-26H2,1-9H3. The van der Waals surface area contributed by atoms with Gasteiger partial charge in [-0.15, -0.1) is 0 Å². The Morgan fingerprint density at radius 1 is 0.391 bits per heavy atom. The van der Waals surface area contributed by atoms with Crippen LogP contribution in [-0.4, -0.2) is 137 Å². The molecule has 0 aliphatic heterocycles. The lowest BCUT2D eigenvalue weighted by Crippen LogP contribution is -2.46. The summed E-state index contributed by atoms with van der Waals surface area (Å²) in [6, 6.07) is 11.1. The molecular formula is C48H58O21. The van der Waals surface area contributed by atoms with E-state index >= 15 is 0 Å². The third kappa shape index (κ3) is 13.2. The zero-order valence-electron chi connectivity index (χ0n) is 39.8. The molecule has 0 amide bonds. The number of carbonyl (C=O) groups excluding carboxylic acids is 4. The van der Waals surface area contributed by atoms with E-state index in [1.165, 1.54) is 112 Å². The molecule has 21 nitrogen and oxygen atoms in total. The summed E-state index contributed by atoms with van der Waals surface area (Å²) < 4.78 is 67.1. The number of methoxy groups -OCH3 is 7. The van der Waals surface area contributed by atoms with E-state index in [4.69, 9.17) is 56.8 Å². The van der Waals surface area contributed by atoms with Gasteiger partial charge in [0, 0.05) is 12.1 Å². The Morgan fingerprint density at radius 2 is 0.710 bits per heavy atom. The van der Waals surface area contributed by atoms with Crippen molar-refractivity contribution in [3.8, 4) is 40.2 Å². The molecule has 5 N–H and O–H groups in total. The molecule has 0 heterocycles. The fourth-order valence-electron chi connectivity index (χ4n) is 7.00. The summed E-state index contributed by atoms with van der Waals surface area (Å²) in [6.07, 6.45) is 0. The largest absolute Gasteiger partial charge is 0.497 e. The maximum atomic E-state index is 14.2. The number of esters is 4. The van der Waals surface area contributed by atoms with Gasteiger partial charge in [-0.3, -0.25) is 0 Å². The normalized spacial score (nSPS) is 12.7. The lowest BCUT2D eigenvalue weighted by molar-refractivity contribution is -0.123. The molecule has 0 aromatic heterocycles. The van der Waals surface area contributed by atoms with Gasteiger partial charge < -0.3 is 82.4 Å². The molecule has 2 atom stereocenters. The maximum Gasteiger partial charge on any atom is 0.345 e. The maximum absolute atomic E-state index is 14.2. The van der Waals surface area contributed by atoms with Gasteiger partial charge in [-0.1, -0.05) is 0 Å². The van der Waals surface area contributed by atoms with Gasteiger partial charge in [0.15, 0.2) is 11.2 Å². The van der Waals surface area contributed by atoms with Gasteiger partial charge in [0.05, 0.1) is 102 Å². The first kappa shape index (κ1) is 54.7. The van der Waals surface area contributed by atoms with Gasteiger partial charge in [-0.05, 0) is 78.1 Å². The van der Waals surface area contributed by atoms with Crippen molar-refractivity contribution >= 4 is 23.9 Å². The third-order valence-corrected chi connectivity index (χ3v) is 10.5. The molecule has 0 saturated carbocycles. The molecule has 4 rings (SSSR count). The van der Waals surface area contributed by atoms with Crippen molar-refractivity contribution in [3.63, 3.8) is 0 Å². The van der Waals surface area contributed by atoms with E-state index < -0.39 is 94.5 Å². The van der Waals surface area contributed by atoms with Gasteiger partial charge in [0.1, 0.15) is 70.2 Å². The number of aliphatic hydroxyl groups is 5. The third-order valence-electron chi connectivity index (χ3n) is 10.5. The number of carbonyl (C=O) groups is 4. The van der Waals surface area contributed by atoms with Gasteiger partial charge in [0.25, 0.3) is 0 Å². The Bertz CT molecular complexity index is 2180. The van der Waals surface area contributed by atoms with Crippen LogP contribution in [0.3, 0.4) is 0 Å². The number of rotatable bonds is 26. The number of hydrogen-bond donors (Lipinski definition) is 5. The van der Waals surface area contributed by atoms with Gasteiger partial charge in [-0.2, -0.15) is 0 Å². The van der Waals surface area contributed by atoms with E-state index in [0.29, 0.717) is 5.56 Å². The molecule has 0 spiro atoms. The topological polar surface area (TPSA) is 280 Å². The number of ether oxygens (including phenoxy) is 12. The highest BCUT2D eigenvalue weighted by atomic mass is 16.6. The van der Waals surface area contributed by atoms with Crippen molar-refractivity contribution in [1.82, 2.24) is 0 Å². The summed E-state index contributed by atoms with van der Waals surface area (Å²) in [4.78, 5) is 56.0. The van der Waals surface area contributed by atoms with Crippen LogP contribution < -0.4 is 33.2 Å². The summed E-state index contributed by atoms with van der Waals surface area (Å²) in [5.74, 6) is -3.53. The molecule has 69 heavy (non-hydrogen) atoms. The molecule has 0 saturated heterocycles. The van der Waals surface area contributed by atoms with Crippen LogP contribution in [0.4, 0.5) is 0 Å². The van der Waals surface area contributed by atoms with Crippen LogP contribution in [0.2, 0.25) is 0 Å². The van der Waals surface area contributed by atoms with E-state index in [2.05, 4.69) is 0 Å². The van der Waals surface area contributed by atoms with Crippen LogP contribution in [0.1, 0.15) is 83.1 Å². The van der Waals surface area contributed by atoms with Crippen molar-refractivity contribution in [2.45, 2.75) is 58.1 Å². The summed E-state index contributed by atoms with van der Waals surface area (Å²) in [7, 11) is 9.25. The Balaban J connectivity index is 1.77. The zero-order chi connectivity index (χ0) is 51.1.